The monoisotopic (exact) mass is 376 g/mol. The van der Waals surface area contributed by atoms with Crippen LogP contribution in [0.25, 0.3) is 0 Å². The van der Waals surface area contributed by atoms with E-state index in [2.05, 4.69) is 10.8 Å². The van der Waals surface area contributed by atoms with Crippen molar-refractivity contribution in [2.24, 2.45) is 0 Å². The molecule has 2 saturated heterocycles. The van der Waals surface area contributed by atoms with Gasteiger partial charge in [0.05, 0.1) is 17.5 Å². The van der Waals surface area contributed by atoms with Gasteiger partial charge in [-0.3, -0.25) is 4.79 Å². The normalized spacial score (nSPS) is 28.4. The molecule has 5 rings (SSSR count). The standard InChI is InChI=1S/C19H24N2O4S/c22-19(15-3-1-2-14-16-6-7-17(25-16)18(14)15)21-10-8-12(9-11-21)20-26(23,24)13-4-5-13/h1-3,12-13,16-17,20H,4-11H2. The van der Waals surface area contributed by atoms with Gasteiger partial charge in [-0.15, -0.1) is 0 Å². The number of likely N-dealkylation sites (tertiary alicyclic amines) is 1. The smallest absolute Gasteiger partial charge is 0.254 e. The predicted molar refractivity (Wildman–Crippen MR) is 96.2 cm³/mol. The molecule has 4 aliphatic rings. The quantitative estimate of drug-likeness (QED) is 0.875. The lowest BCUT2D eigenvalue weighted by molar-refractivity contribution is 0.0662. The van der Waals surface area contributed by atoms with Crippen LogP contribution in [-0.2, 0) is 14.8 Å². The van der Waals surface area contributed by atoms with Crippen molar-refractivity contribution in [3.63, 3.8) is 0 Å². The maximum atomic E-state index is 13.1. The Hall–Kier alpha value is -1.44. The molecule has 1 aromatic rings. The highest BCUT2D eigenvalue weighted by Crippen LogP contribution is 2.51. The van der Waals surface area contributed by atoms with Gasteiger partial charge in [0.2, 0.25) is 10.0 Å². The van der Waals surface area contributed by atoms with E-state index in [1.54, 1.807) is 0 Å². The number of rotatable bonds is 4. The minimum Gasteiger partial charge on any atom is -0.366 e. The lowest BCUT2D eigenvalue weighted by Gasteiger charge is -2.33. The van der Waals surface area contributed by atoms with Gasteiger partial charge in [-0.05, 0) is 55.7 Å². The van der Waals surface area contributed by atoms with Gasteiger partial charge in [-0.25, -0.2) is 13.1 Å². The number of amides is 1. The maximum absolute atomic E-state index is 13.1. The molecule has 7 heteroatoms. The SMILES string of the molecule is O=C(c1cccc2c1C1CCC2O1)N1CCC(NS(=O)(=O)C2CC2)CC1. The topological polar surface area (TPSA) is 75.7 Å². The summed E-state index contributed by atoms with van der Waals surface area (Å²) in [6.07, 6.45) is 5.16. The number of nitrogens with one attached hydrogen (secondary N) is 1. The minimum atomic E-state index is -3.16. The van der Waals surface area contributed by atoms with Crippen LogP contribution in [0.3, 0.4) is 0 Å². The number of nitrogens with zero attached hydrogens (tertiary/aromatic N) is 1. The summed E-state index contributed by atoms with van der Waals surface area (Å²) >= 11 is 0. The third-order valence-electron chi connectivity index (χ3n) is 6.14. The summed E-state index contributed by atoms with van der Waals surface area (Å²) in [4.78, 5) is 14.9. The van der Waals surface area contributed by atoms with Gasteiger partial charge in [-0.1, -0.05) is 12.1 Å². The Balaban J connectivity index is 1.27. The molecular weight excluding hydrogens is 352 g/mol. The van der Waals surface area contributed by atoms with E-state index in [-0.39, 0.29) is 29.4 Å². The molecular formula is C19H24N2O4S. The fraction of sp³-hybridized carbons (Fsp3) is 0.632. The van der Waals surface area contributed by atoms with Gasteiger partial charge < -0.3 is 9.64 Å². The summed E-state index contributed by atoms with van der Waals surface area (Å²) in [5.41, 5.74) is 3.04. The first-order valence-corrected chi connectivity index (χ1v) is 11.2. The molecule has 0 aromatic heterocycles. The first kappa shape index (κ1) is 16.7. The highest BCUT2D eigenvalue weighted by atomic mass is 32.2. The highest BCUT2D eigenvalue weighted by molar-refractivity contribution is 7.90. The molecule has 1 aliphatic carbocycles. The Morgan fingerprint density at radius 1 is 1.04 bits per heavy atom. The number of sulfonamides is 1. The van der Waals surface area contributed by atoms with Gasteiger partial charge >= 0.3 is 0 Å². The van der Waals surface area contributed by atoms with Gasteiger partial charge in [0, 0.05) is 24.7 Å². The number of benzene rings is 1. The molecule has 2 unspecified atom stereocenters. The molecule has 3 fully saturated rings. The van der Waals surface area contributed by atoms with Crippen LogP contribution < -0.4 is 4.72 Å². The molecule has 0 radical (unpaired) electrons. The van der Waals surface area contributed by atoms with Crippen molar-refractivity contribution in [3.8, 4) is 0 Å². The summed E-state index contributed by atoms with van der Waals surface area (Å²) in [6.45, 7) is 1.19. The molecule has 1 amide bonds. The fourth-order valence-electron chi connectivity index (χ4n) is 4.57. The average molecular weight is 376 g/mol. The Morgan fingerprint density at radius 3 is 2.50 bits per heavy atom. The van der Waals surface area contributed by atoms with E-state index >= 15 is 0 Å². The number of carbonyl (C=O) groups is 1. The van der Waals surface area contributed by atoms with Crippen molar-refractivity contribution in [3.05, 3.63) is 34.9 Å². The maximum Gasteiger partial charge on any atom is 0.254 e. The lowest BCUT2D eigenvalue weighted by atomic mass is 9.87. The van der Waals surface area contributed by atoms with E-state index in [0.29, 0.717) is 25.9 Å². The number of carbonyl (C=O) groups excluding carboxylic acids is 1. The van der Waals surface area contributed by atoms with E-state index in [1.165, 1.54) is 5.56 Å². The van der Waals surface area contributed by atoms with E-state index in [0.717, 1.165) is 36.8 Å². The van der Waals surface area contributed by atoms with Crippen LogP contribution >= 0.6 is 0 Å². The number of fused-ring (bicyclic) bond motifs is 5. The van der Waals surface area contributed by atoms with Crippen molar-refractivity contribution in [1.29, 1.82) is 0 Å². The zero-order valence-electron chi connectivity index (χ0n) is 14.7. The van der Waals surface area contributed by atoms with Gasteiger partial charge in [0.1, 0.15) is 0 Å². The van der Waals surface area contributed by atoms with E-state index in [4.69, 9.17) is 4.74 Å². The predicted octanol–water partition coefficient (Wildman–Crippen LogP) is 2.28. The summed E-state index contributed by atoms with van der Waals surface area (Å²) < 4.78 is 33.0. The number of hydrogen-bond donors (Lipinski definition) is 1. The summed E-state index contributed by atoms with van der Waals surface area (Å²) in [6, 6.07) is 5.89. The minimum absolute atomic E-state index is 0.0505. The summed E-state index contributed by atoms with van der Waals surface area (Å²) in [7, 11) is -3.16. The second kappa shape index (κ2) is 6.04. The molecule has 3 aliphatic heterocycles. The molecule has 26 heavy (non-hydrogen) atoms. The molecule has 3 heterocycles. The van der Waals surface area contributed by atoms with E-state index < -0.39 is 10.0 Å². The second-order valence-corrected chi connectivity index (χ2v) is 9.92. The van der Waals surface area contributed by atoms with Gasteiger partial charge in [0.25, 0.3) is 5.91 Å². The van der Waals surface area contributed by atoms with Crippen molar-refractivity contribution in [2.45, 2.75) is 62.0 Å². The third kappa shape index (κ3) is 2.77. The van der Waals surface area contributed by atoms with Crippen LogP contribution in [0.4, 0.5) is 0 Å². The third-order valence-corrected chi connectivity index (χ3v) is 8.15. The lowest BCUT2D eigenvalue weighted by Crippen LogP contribution is -2.47. The van der Waals surface area contributed by atoms with Crippen LogP contribution in [0, 0.1) is 0 Å². The average Bonchev–Trinajstić information content (AvgIpc) is 3.32. The number of piperidine rings is 1. The molecule has 0 spiro atoms. The summed E-state index contributed by atoms with van der Waals surface area (Å²) in [5.74, 6) is 0.0569. The largest absolute Gasteiger partial charge is 0.366 e. The Kier molecular flexibility index (Phi) is 3.88. The number of hydrogen-bond acceptors (Lipinski definition) is 4. The van der Waals surface area contributed by atoms with E-state index in [1.807, 2.05) is 17.0 Å². The number of ether oxygens (including phenoxy) is 1. The van der Waals surface area contributed by atoms with Crippen LogP contribution in [0.2, 0.25) is 0 Å². The molecule has 6 nitrogen and oxygen atoms in total. The molecule has 1 N–H and O–H groups in total. The van der Waals surface area contributed by atoms with Crippen molar-refractivity contribution in [1.82, 2.24) is 9.62 Å². The fourth-order valence-corrected chi connectivity index (χ4v) is 6.22. The van der Waals surface area contributed by atoms with Crippen LogP contribution in [0.15, 0.2) is 18.2 Å². The summed E-state index contributed by atoms with van der Waals surface area (Å²) in [5, 5.41) is -0.190. The first-order valence-electron chi connectivity index (χ1n) is 9.61. The van der Waals surface area contributed by atoms with Gasteiger partial charge in [-0.2, -0.15) is 0 Å². The molecule has 140 valence electrons. The van der Waals surface area contributed by atoms with Gasteiger partial charge in [0.15, 0.2) is 0 Å². The zero-order chi connectivity index (χ0) is 17.9. The van der Waals surface area contributed by atoms with Crippen LogP contribution in [0.1, 0.15) is 72.2 Å². The zero-order valence-corrected chi connectivity index (χ0v) is 15.5. The van der Waals surface area contributed by atoms with Crippen molar-refractivity contribution in [2.75, 3.05) is 13.1 Å². The molecule has 2 bridgehead atoms. The molecule has 1 saturated carbocycles. The molecule has 2 atom stereocenters. The Labute approximate surface area is 153 Å². The molecule has 1 aromatic carbocycles. The second-order valence-electron chi connectivity index (χ2n) is 7.93. The van der Waals surface area contributed by atoms with Crippen molar-refractivity contribution < 1.29 is 17.9 Å². The van der Waals surface area contributed by atoms with Crippen LogP contribution in [0.5, 0.6) is 0 Å². The first-order chi connectivity index (χ1) is 12.5. The Morgan fingerprint density at radius 2 is 1.77 bits per heavy atom. The highest BCUT2D eigenvalue weighted by Gasteiger charge is 2.41. The Bertz CT molecular complexity index is 841. The van der Waals surface area contributed by atoms with Crippen LogP contribution in [-0.4, -0.2) is 43.6 Å². The van der Waals surface area contributed by atoms with E-state index in [9.17, 15) is 13.2 Å². The van der Waals surface area contributed by atoms with Crippen molar-refractivity contribution >= 4 is 15.9 Å².